The van der Waals surface area contributed by atoms with Crippen LogP contribution in [0.1, 0.15) is 145 Å². The molecule has 0 aromatic heterocycles. The Hall–Kier alpha value is -2.66. The number of hydrogen-bond donors (Lipinski definition) is 1. The molecule has 0 aliphatic carbocycles. The van der Waals surface area contributed by atoms with Gasteiger partial charge in [0.2, 0.25) is 0 Å². The molecule has 2 aromatic carbocycles. The number of carbonyl (C=O) groups excluding carboxylic acids is 2. The number of benzene rings is 2. The molecule has 0 fully saturated rings. The smallest absolute Gasteiger partial charge is 0.169 e. The van der Waals surface area contributed by atoms with E-state index < -0.39 is 11.5 Å². The summed E-state index contributed by atoms with van der Waals surface area (Å²) >= 11 is 0. The van der Waals surface area contributed by atoms with Crippen molar-refractivity contribution in [2.75, 3.05) is 13.2 Å². The summed E-state index contributed by atoms with van der Waals surface area (Å²) in [6.45, 7) is 26.0. The summed E-state index contributed by atoms with van der Waals surface area (Å²) < 4.78 is 12.3. The molecule has 4 rings (SSSR count). The number of hydrogen-bond acceptors (Lipinski definition) is 5. The van der Waals surface area contributed by atoms with Crippen molar-refractivity contribution in [1.29, 1.82) is 0 Å². The first-order valence-corrected chi connectivity index (χ1v) is 15.5. The third-order valence-electron chi connectivity index (χ3n) is 9.36. The van der Waals surface area contributed by atoms with E-state index in [-0.39, 0.29) is 39.6 Å². The minimum atomic E-state index is -1.40. The van der Waals surface area contributed by atoms with Crippen molar-refractivity contribution in [3.05, 3.63) is 57.6 Å². The average molecular weight is 577 g/mol. The summed E-state index contributed by atoms with van der Waals surface area (Å²) in [5, 5.41) is 11.3. The van der Waals surface area contributed by atoms with Crippen molar-refractivity contribution in [3.8, 4) is 11.5 Å². The molecule has 0 spiro atoms. The van der Waals surface area contributed by atoms with Crippen molar-refractivity contribution < 1.29 is 24.2 Å². The highest BCUT2D eigenvalue weighted by atomic mass is 16.5. The van der Waals surface area contributed by atoms with Crippen molar-refractivity contribution in [3.63, 3.8) is 0 Å². The first kappa shape index (κ1) is 32.3. The number of ketones is 2. The van der Waals surface area contributed by atoms with E-state index in [4.69, 9.17) is 9.47 Å². The summed E-state index contributed by atoms with van der Waals surface area (Å²) in [7, 11) is 0. The quantitative estimate of drug-likeness (QED) is 0.351. The molecule has 0 saturated heterocycles. The Bertz CT molecular complexity index is 1350. The summed E-state index contributed by atoms with van der Waals surface area (Å²) in [5.41, 5.74) is 2.90. The lowest BCUT2D eigenvalue weighted by Gasteiger charge is -2.37. The van der Waals surface area contributed by atoms with E-state index in [1.807, 2.05) is 24.3 Å². The normalized spacial score (nSPS) is 18.7. The van der Waals surface area contributed by atoms with E-state index in [0.29, 0.717) is 24.3 Å². The van der Waals surface area contributed by atoms with Crippen LogP contribution in [-0.2, 0) is 21.7 Å². The molecule has 0 bridgehead atoms. The lowest BCUT2D eigenvalue weighted by Crippen LogP contribution is -2.39. The maximum Gasteiger partial charge on any atom is 0.169 e. The van der Waals surface area contributed by atoms with Crippen LogP contribution < -0.4 is 9.47 Å². The van der Waals surface area contributed by atoms with Crippen LogP contribution >= 0.6 is 0 Å². The first-order chi connectivity index (χ1) is 19.0. The number of aliphatic hydroxyl groups is 1. The largest absolute Gasteiger partial charge is 0.493 e. The van der Waals surface area contributed by atoms with Gasteiger partial charge in [0.25, 0.3) is 0 Å². The Labute approximate surface area is 253 Å². The standard InChI is InChI=1S/C37H52O5/c1-33(2,3)25-17-22(18-27-31(25)41-15-13-35(27,7)8)29(38)21-24(37(11,12)40)30(39)23-19-26(34(4,5)6)32-28(20-23)36(9,10)14-16-42-32/h17-20,24,40H,13-16,21H2,1-12H3. The maximum absolute atomic E-state index is 14.3. The van der Waals surface area contributed by atoms with E-state index in [1.165, 1.54) is 0 Å². The van der Waals surface area contributed by atoms with Gasteiger partial charge in [-0.3, -0.25) is 9.59 Å². The summed E-state index contributed by atoms with van der Waals surface area (Å²) in [6.07, 6.45) is 1.62. The highest BCUT2D eigenvalue weighted by molar-refractivity contribution is 6.05. The van der Waals surface area contributed by atoms with Gasteiger partial charge >= 0.3 is 0 Å². The lowest BCUT2D eigenvalue weighted by molar-refractivity contribution is 0.0164. The topological polar surface area (TPSA) is 72.8 Å². The van der Waals surface area contributed by atoms with E-state index in [1.54, 1.807) is 13.8 Å². The number of rotatable bonds is 6. The maximum atomic E-state index is 14.3. The Morgan fingerprint density at radius 3 is 1.55 bits per heavy atom. The monoisotopic (exact) mass is 576 g/mol. The van der Waals surface area contributed by atoms with Gasteiger partial charge in [-0.2, -0.15) is 0 Å². The van der Waals surface area contributed by atoms with E-state index in [9.17, 15) is 14.7 Å². The molecule has 2 aliphatic rings. The predicted molar refractivity (Wildman–Crippen MR) is 170 cm³/mol. The highest BCUT2D eigenvalue weighted by Gasteiger charge is 2.40. The number of Topliss-reactive ketones (excluding diaryl/α,β-unsaturated/α-hetero) is 2. The predicted octanol–water partition coefficient (Wildman–Crippen LogP) is 8.24. The zero-order valence-electron chi connectivity index (χ0n) is 28.0. The Kier molecular flexibility index (Phi) is 8.07. The van der Waals surface area contributed by atoms with E-state index >= 15 is 0 Å². The van der Waals surface area contributed by atoms with Crippen molar-refractivity contribution in [2.45, 2.75) is 130 Å². The molecule has 0 saturated carbocycles. The Balaban J connectivity index is 1.79. The molecule has 2 aliphatic heterocycles. The third-order valence-corrected chi connectivity index (χ3v) is 9.36. The summed E-state index contributed by atoms with van der Waals surface area (Å²) in [4.78, 5) is 28.4. The number of ether oxygens (including phenoxy) is 2. The van der Waals surface area contributed by atoms with Gasteiger partial charge in [-0.05, 0) is 72.6 Å². The lowest BCUT2D eigenvalue weighted by atomic mass is 9.72. The molecule has 2 aromatic rings. The van der Waals surface area contributed by atoms with Crippen LogP contribution in [0.2, 0.25) is 0 Å². The molecular formula is C37H52O5. The zero-order chi connectivity index (χ0) is 31.6. The van der Waals surface area contributed by atoms with Crippen LogP contribution in [0.3, 0.4) is 0 Å². The molecule has 2 heterocycles. The Morgan fingerprint density at radius 2 is 1.14 bits per heavy atom. The number of carbonyl (C=O) groups is 2. The minimum absolute atomic E-state index is 0.0895. The van der Waals surface area contributed by atoms with E-state index in [2.05, 4.69) is 69.2 Å². The summed E-state index contributed by atoms with van der Waals surface area (Å²) in [6, 6.07) is 7.74. The second kappa shape index (κ2) is 10.5. The van der Waals surface area contributed by atoms with Gasteiger partial charge in [-0.25, -0.2) is 0 Å². The van der Waals surface area contributed by atoms with Gasteiger partial charge in [-0.15, -0.1) is 0 Å². The van der Waals surface area contributed by atoms with Gasteiger partial charge in [0.15, 0.2) is 11.6 Å². The molecule has 42 heavy (non-hydrogen) atoms. The number of fused-ring (bicyclic) bond motifs is 2. The first-order valence-electron chi connectivity index (χ1n) is 15.5. The van der Waals surface area contributed by atoms with Gasteiger partial charge in [0, 0.05) is 39.8 Å². The van der Waals surface area contributed by atoms with E-state index in [0.717, 1.165) is 46.6 Å². The van der Waals surface area contributed by atoms with Gasteiger partial charge in [-0.1, -0.05) is 69.2 Å². The third kappa shape index (κ3) is 6.18. The molecule has 0 amide bonds. The van der Waals surface area contributed by atoms with Crippen LogP contribution in [-0.4, -0.2) is 35.5 Å². The van der Waals surface area contributed by atoms with Gasteiger partial charge < -0.3 is 14.6 Å². The Morgan fingerprint density at radius 1 is 0.738 bits per heavy atom. The molecule has 5 heteroatoms. The van der Waals surface area contributed by atoms with Crippen LogP contribution in [0, 0.1) is 5.92 Å². The molecule has 0 radical (unpaired) electrons. The fourth-order valence-electron chi connectivity index (χ4n) is 6.25. The molecular weight excluding hydrogens is 524 g/mol. The molecule has 1 unspecified atom stereocenters. The second-order valence-electron chi connectivity index (χ2n) is 16.5. The second-order valence-corrected chi connectivity index (χ2v) is 16.5. The highest BCUT2D eigenvalue weighted by Crippen LogP contribution is 2.47. The molecule has 1 N–H and O–H groups in total. The van der Waals surface area contributed by atoms with Crippen LogP contribution in [0.15, 0.2) is 24.3 Å². The van der Waals surface area contributed by atoms with Crippen molar-refractivity contribution in [1.82, 2.24) is 0 Å². The fourth-order valence-corrected chi connectivity index (χ4v) is 6.25. The SMILES string of the molecule is CC(C)(C)c1cc(C(=O)CC(C(=O)c2cc(C(C)(C)C)c3c(c2)C(C)(C)CCO3)C(C)(C)O)cc2c1OCCC2(C)C. The minimum Gasteiger partial charge on any atom is -0.493 e. The molecule has 230 valence electrons. The average Bonchev–Trinajstić information content (AvgIpc) is 2.83. The zero-order valence-corrected chi connectivity index (χ0v) is 28.0. The van der Waals surface area contributed by atoms with Crippen molar-refractivity contribution >= 4 is 11.6 Å². The van der Waals surface area contributed by atoms with Crippen LogP contribution in [0.5, 0.6) is 11.5 Å². The summed E-state index contributed by atoms with van der Waals surface area (Å²) in [5.74, 6) is 0.451. The van der Waals surface area contributed by atoms with Crippen LogP contribution in [0.25, 0.3) is 0 Å². The van der Waals surface area contributed by atoms with Gasteiger partial charge in [0.1, 0.15) is 11.5 Å². The van der Waals surface area contributed by atoms with Crippen molar-refractivity contribution in [2.24, 2.45) is 5.92 Å². The van der Waals surface area contributed by atoms with Gasteiger partial charge in [0.05, 0.1) is 24.7 Å². The van der Waals surface area contributed by atoms with Crippen LogP contribution in [0.4, 0.5) is 0 Å². The molecule has 1 atom stereocenters. The molecule has 5 nitrogen and oxygen atoms in total. The fraction of sp³-hybridized carbons (Fsp3) is 0.622.